The average Bonchev–Trinajstić information content (AvgIpc) is 3.04. The van der Waals surface area contributed by atoms with Crippen LogP contribution in [0.2, 0.25) is 0 Å². The van der Waals surface area contributed by atoms with E-state index in [0.717, 1.165) is 17.0 Å². The molecule has 25 heavy (non-hydrogen) atoms. The third-order valence-electron chi connectivity index (χ3n) is 4.03. The number of nitrogens with zero attached hydrogens (tertiary/aromatic N) is 2. The van der Waals surface area contributed by atoms with Crippen LogP contribution in [-0.2, 0) is 13.7 Å². The van der Waals surface area contributed by atoms with Crippen LogP contribution >= 0.6 is 0 Å². The van der Waals surface area contributed by atoms with Crippen molar-refractivity contribution >= 4 is 11.9 Å². The molecule has 0 saturated carbocycles. The summed E-state index contributed by atoms with van der Waals surface area (Å²) < 4.78 is 7.61. The summed E-state index contributed by atoms with van der Waals surface area (Å²) in [5, 5.41) is 0. The minimum Gasteiger partial charge on any atom is -0.486 e. The average molecular weight is 332 g/mol. The predicted octanol–water partition coefficient (Wildman–Crippen LogP) is 4.20. The van der Waals surface area contributed by atoms with E-state index in [0.29, 0.717) is 17.9 Å². The molecule has 0 aliphatic carbocycles. The van der Waals surface area contributed by atoms with Gasteiger partial charge in [-0.3, -0.25) is 4.79 Å². The Labute approximate surface area is 147 Å². The van der Waals surface area contributed by atoms with E-state index in [1.165, 1.54) is 0 Å². The molecule has 126 valence electrons. The molecular formula is C21H20N2O2. The molecule has 0 N–H and O–H groups in total. The van der Waals surface area contributed by atoms with Gasteiger partial charge in [0, 0.05) is 25.0 Å². The maximum Gasteiger partial charge on any atom is 0.185 e. The third-order valence-corrected chi connectivity index (χ3v) is 4.03. The summed E-state index contributed by atoms with van der Waals surface area (Å²) in [6.45, 7) is 2.42. The van der Waals surface area contributed by atoms with E-state index in [-0.39, 0.29) is 5.78 Å². The van der Waals surface area contributed by atoms with Gasteiger partial charge in [-0.1, -0.05) is 30.3 Å². The van der Waals surface area contributed by atoms with Crippen molar-refractivity contribution in [3.8, 4) is 5.75 Å². The molecule has 0 unspecified atom stereocenters. The Hall–Kier alpha value is -3.14. The SMILES string of the molecule is Cc1ccccc1/C=C/C(=O)c1ccc(OCc2nccn2C)cc1. The minimum absolute atomic E-state index is 0.0288. The summed E-state index contributed by atoms with van der Waals surface area (Å²) in [7, 11) is 1.92. The highest BCUT2D eigenvalue weighted by Gasteiger charge is 2.04. The van der Waals surface area contributed by atoms with Gasteiger partial charge in [0.1, 0.15) is 18.2 Å². The number of ether oxygens (including phenoxy) is 1. The first kappa shape index (κ1) is 16.7. The van der Waals surface area contributed by atoms with Crippen LogP contribution in [0.15, 0.2) is 67.0 Å². The molecule has 1 aromatic heterocycles. The highest BCUT2D eigenvalue weighted by molar-refractivity contribution is 6.06. The van der Waals surface area contributed by atoms with E-state index in [2.05, 4.69) is 4.98 Å². The molecule has 0 aliphatic heterocycles. The van der Waals surface area contributed by atoms with E-state index < -0.39 is 0 Å². The second-order valence-corrected chi connectivity index (χ2v) is 5.82. The first-order valence-electron chi connectivity index (χ1n) is 8.10. The number of rotatable bonds is 6. The van der Waals surface area contributed by atoms with Crippen LogP contribution in [0.25, 0.3) is 6.08 Å². The molecule has 0 spiro atoms. The number of hydrogen-bond donors (Lipinski definition) is 0. The summed E-state index contributed by atoms with van der Waals surface area (Å²) in [6, 6.07) is 15.1. The van der Waals surface area contributed by atoms with E-state index in [1.807, 2.05) is 55.1 Å². The Balaban J connectivity index is 1.62. The quantitative estimate of drug-likeness (QED) is 0.502. The molecule has 0 amide bonds. The number of allylic oxidation sites excluding steroid dienone is 1. The summed E-state index contributed by atoms with van der Waals surface area (Å²) >= 11 is 0. The molecule has 0 bridgehead atoms. The Morgan fingerprint density at radius 2 is 1.92 bits per heavy atom. The maximum atomic E-state index is 12.3. The zero-order chi connectivity index (χ0) is 17.6. The standard InChI is InChI=1S/C21H20N2O2/c1-16-5-3-4-6-17(16)9-12-20(24)18-7-10-19(11-8-18)25-15-21-22-13-14-23(21)2/h3-14H,15H2,1-2H3/b12-9+. The lowest BCUT2D eigenvalue weighted by Crippen LogP contribution is -2.03. The summed E-state index contributed by atoms with van der Waals surface area (Å²) in [4.78, 5) is 16.5. The zero-order valence-corrected chi connectivity index (χ0v) is 14.3. The van der Waals surface area contributed by atoms with E-state index in [4.69, 9.17) is 4.74 Å². The highest BCUT2D eigenvalue weighted by Crippen LogP contribution is 2.15. The minimum atomic E-state index is -0.0288. The lowest BCUT2D eigenvalue weighted by Gasteiger charge is -2.06. The van der Waals surface area contributed by atoms with Gasteiger partial charge in [-0.05, 0) is 48.4 Å². The van der Waals surface area contributed by atoms with E-state index in [1.54, 1.807) is 36.5 Å². The van der Waals surface area contributed by atoms with Gasteiger partial charge in [-0.25, -0.2) is 4.98 Å². The van der Waals surface area contributed by atoms with Crippen LogP contribution in [0.1, 0.15) is 27.3 Å². The summed E-state index contributed by atoms with van der Waals surface area (Å²) in [6.07, 6.45) is 7.07. The molecule has 0 saturated heterocycles. The van der Waals surface area contributed by atoms with Crippen LogP contribution in [-0.4, -0.2) is 15.3 Å². The number of aryl methyl sites for hydroxylation is 2. The van der Waals surface area contributed by atoms with Crippen LogP contribution in [0.3, 0.4) is 0 Å². The second kappa shape index (κ2) is 7.62. The fraction of sp³-hybridized carbons (Fsp3) is 0.143. The fourth-order valence-corrected chi connectivity index (χ4v) is 2.43. The molecule has 2 aromatic carbocycles. The van der Waals surface area contributed by atoms with Gasteiger partial charge in [-0.2, -0.15) is 0 Å². The molecule has 1 heterocycles. The van der Waals surface area contributed by atoms with Crippen molar-refractivity contribution in [1.29, 1.82) is 0 Å². The molecule has 0 atom stereocenters. The molecule has 0 fully saturated rings. The van der Waals surface area contributed by atoms with Gasteiger partial charge in [0.25, 0.3) is 0 Å². The van der Waals surface area contributed by atoms with Gasteiger partial charge in [-0.15, -0.1) is 0 Å². The van der Waals surface area contributed by atoms with Gasteiger partial charge in [0.2, 0.25) is 0 Å². The van der Waals surface area contributed by atoms with Crippen molar-refractivity contribution in [1.82, 2.24) is 9.55 Å². The highest BCUT2D eigenvalue weighted by atomic mass is 16.5. The number of imidazole rings is 1. The molecule has 0 aliphatic rings. The number of benzene rings is 2. The number of carbonyl (C=O) groups is 1. The van der Waals surface area contributed by atoms with Crippen LogP contribution in [0, 0.1) is 6.92 Å². The smallest absolute Gasteiger partial charge is 0.185 e. The molecule has 0 radical (unpaired) electrons. The molecule has 4 heteroatoms. The number of hydrogen-bond acceptors (Lipinski definition) is 3. The van der Waals surface area contributed by atoms with Crippen LogP contribution in [0.4, 0.5) is 0 Å². The Morgan fingerprint density at radius 3 is 2.60 bits per heavy atom. The van der Waals surface area contributed by atoms with Crippen molar-refractivity contribution in [2.75, 3.05) is 0 Å². The normalized spacial score (nSPS) is 11.0. The number of aromatic nitrogens is 2. The molecule has 3 aromatic rings. The van der Waals surface area contributed by atoms with Gasteiger partial charge in [0.05, 0.1) is 0 Å². The van der Waals surface area contributed by atoms with Gasteiger partial charge in [0.15, 0.2) is 5.78 Å². The number of carbonyl (C=O) groups excluding carboxylic acids is 1. The van der Waals surface area contributed by atoms with Crippen LogP contribution in [0.5, 0.6) is 5.75 Å². The lowest BCUT2D eigenvalue weighted by molar-refractivity contribution is 0.104. The monoisotopic (exact) mass is 332 g/mol. The summed E-state index contributed by atoms with van der Waals surface area (Å²) in [5.74, 6) is 1.53. The van der Waals surface area contributed by atoms with Gasteiger partial charge < -0.3 is 9.30 Å². The van der Waals surface area contributed by atoms with Crippen molar-refractivity contribution < 1.29 is 9.53 Å². The van der Waals surface area contributed by atoms with Gasteiger partial charge >= 0.3 is 0 Å². The lowest BCUT2D eigenvalue weighted by atomic mass is 10.1. The van der Waals surface area contributed by atoms with E-state index in [9.17, 15) is 4.79 Å². The van der Waals surface area contributed by atoms with E-state index >= 15 is 0 Å². The second-order valence-electron chi connectivity index (χ2n) is 5.82. The van der Waals surface area contributed by atoms with Crippen molar-refractivity contribution in [2.24, 2.45) is 7.05 Å². The largest absolute Gasteiger partial charge is 0.486 e. The topological polar surface area (TPSA) is 44.1 Å². The first-order valence-corrected chi connectivity index (χ1v) is 8.10. The summed E-state index contributed by atoms with van der Waals surface area (Å²) in [5.41, 5.74) is 2.82. The van der Waals surface area contributed by atoms with Crippen LogP contribution < -0.4 is 4.74 Å². The van der Waals surface area contributed by atoms with Crippen molar-refractivity contribution in [3.05, 3.63) is 89.5 Å². The molecule has 4 nitrogen and oxygen atoms in total. The third kappa shape index (κ3) is 4.23. The zero-order valence-electron chi connectivity index (χ0n) is 14.3. The Morgan fingerprint density at radius 1 is 1.16 bits per heavy atom. The number of ketones is 1. The van der Waals surface area contributed by atoms with Crippen molar-refractivity contribution in [3.63, 3.8) is 0 Å². The maximum absolute atomic E-state index is 12.3. The fourth-order valence-electron chi connectivity index (χ4n) is 2.43. The predicted molar refractivity (Wildman–Crippen MR) is 98.5 cm³/mol. The molecular weight excluding hydrogens is 312 g/mol. The Bertz CT molecular complexity index is 892. The first-order chi connectivity index (χ1) is 12.1. The Kier molecular flexibility index (Phi) is 5.09. The molecule has 3 rings (SSSR count). The van der Waals surface area contributed by atoms with Crippen molar-refractivity contribution in [2.45, 2.75) is 13.5 Å².